The lowest BCUT2D eigenvalue weighted by Crippen LogP contribution is -2.26. The molecule has 0 saturated carbocycles. The van der Waals surface area contributed by atoms with Crippen molar-refractivity contribution >= 4 is 27.1 Å². The smallest absolute Gasteiger partial charge is 0.216 e. The van der Waals surface area contributed by atoms with Gasteiger partial charge in [0, 0.05) is 25.1 Å². The third-order valence-corrected chi connectivity index (χ3v) is 6.33. The maximum atomic E-state index is 12.4. The van der Waals surface area contributed by atoms with Crippen LogP contribution in [0.5, 0.6) is 0 Å². The molecule has 0 bridgehead atoms. The summed E-state index contributed by atoms with van der Waals surface area (Å²) in [6.07, 6.45) is 3.18. The van der Waals surface area contributed by atoms with Gasteiger partial charge in [-0.1, -0.05) is 48.1 Å². The molecule has 0 unspecified atom stereocenters. The summed E-state index contributed by atoms with van der Waals surface area (Å²) < 4.78 is 29.4. The van der Waals surface area contributed by atoms with E-state index in [1.807, 2.05) is 55.8 Å². The Balaban J connectivity index is 1.76. The Kier molecular flexibility index (Phi) is 6.07. The third-order valence-electron chi connectivity index (χ3n) is 4.60. The highest BCUT2D eigenvalue weighted by Crippen LogP contribution is 2.20. The molecular weight excluding hydrogens is 390 g/mol. The van der Waals surface area contributed by atoms with E-state index < -0.39 is 10.0 Å². The van der Waals surface area contributed by atoms with Crippen LogP contribution in [0.15, 0.2) is 54.9 Å². The molecule has 3 rings (SSSR count). The van der Waals surface area contributed by atoms with E-state index in [9.17, 15) is 8.42 Å². The van der Waals surface area contributed by atoms with Crippen LogP contribution < -0.4 is 4.72 Å². The number of pyridine rings is 1. The highest BCUT2D eigenvalue weighted by Gasteiger charge is 2.17. The van der Waals surface area contributed by atoms with Crippen LogP contribution in [0, 0.1) is 13.8 Å². The van der Waals surface area contributed by atoms with E-state index in [2.05, 4.69) is 9.71 Å². The first-order valence-corrected chi connectivity index (χ1v) is 11.0. The lowest BCUT2D eigenvalue weighted by Gasteiger charge is -2.11. The monoisotopic (exact) mass is 413 g/mol. The van der Waals surface area contributed by atoms with Gasteiger partial charge in [0.2, 0.25) is 10.0 Å². The van der Waals surface area contributed by atoms with Crippen LogP contribution in [0.3, 0.4) is 0 Å². The van der Waals surface area contributed by atoms with E-state index in [0.29, 0.717) is 5.56 Å². The van der Waals surface area contributed by atoms with Gasteiger partial charge in [-0.2, -0.15) is 0 Å². The van der Waals surface area contributed by atoms with Gasteiger partial charge < -0.3 is 4.57 Å². The Hall–Kier alpha value is -2.35. The summed E-state index contributed by atoms with van der Waals surface area (Å²) in [6.45, 7) is 4.23. The average molecular weight is 414 g/mol. The molecule has 0 spiro atoms. The number of aryl methyl sites for hydroxylation is 2. The number of benzene rings is 1. The molecule has 0 aliphatic rings. The minimum atomic E-state index is -3.47. The van der Waals surface area contributed by atoms with Gasteiger partial charge >= 0.3 is 0 Å². The van der Waals surface area contributed by atoms with Crippen molar-refractivity contribution in [3.63, 3.8) is 0 Å². The van der Waals surface area contributed by atoms with E-state index in [-0.39, 0.29) is 12.3 Å². The summed E-state index contributed by atoms with van der Waals surface area (Å²) in [5, 5.41) is 0. The van der Waals surface area contributed by atoms with E-state index in [1.165, 1.54) is 5.56 Å². The molecule has 0 fully saturated rings. The second-order valence-electron chi connectivity index (χ2n) is 6.86. The molecule has 2 aromatic heterocycles. The maximum Gasteiger partial charge on any atom is 0.216 e. The number of rotatable bonds is 7. The molecule has 1 N–H and O–H groups in total. The van der Waals surface area contributed by atoms with Crippen molar-refractivity contribution in [3.05, 3.63) is 88.5 Å². The van der Waals surface area contributed by atoms with Crippen molar-refractivity contribution in [3.8, 4) is 0 Å². The highest BCUT2D eigenvalue weighted by molar-refractivity contribution is 7.88. The number of sulfonamides is 1. The number of aromatic nitrogens is 2. The van der Waals surface area contributed by atoms with Crippen LogP contribution in [-0.4, -0.2) is 22.8 Å². The number of nitrogens with zero attached hydrogens (tertiary/aromatic N) is 2. The normalized spacial score (nSPS) is 11.5. The first kappa shape index (κ1) is 20.4. The molecule has 28 heavy (non-hydrogen) atoms. The zero-order valence-corrected chi connectivity index (χ0v) is 17.8. The van der Waals surface area contributed by atoms with Crippen LogP contribution in [-0.2, 0) is 29.4 Å². The summed E-state index contributed by atoms with van der Waals surface area (Å²) in [4.78, 5) is 4.71. The summed E-state index contributed by atoms with van der Waals surface area (Å²) >= 11 is 5.70. The van der Waals surface area contributed by atoms with Gasteiger partial charge in [0.1, 0.15) is 0 Å². The molecule has 0 amide bonds. The zero-order valence-electron chi connectivity index (χ0n) is 16.1. The third kappa shape index (κ3) is 4.73. The predicted octanol–water partition coefficient (Wildman–Crippen LogP) is 3.42. The Morgan fingerprint density at radius 2 is 1.89 bits per heavy atom. The van der Waals surface area contributed by atoms with Crippen LogP contribution in [0.2, 0.25) is 0 Å². The summed E-state index contributed by atoms with van der Waals surface area (Å²) in [6, 6.07) is 13.5. The lowest BCUT2D eigenvalue weighted by molar-refractivity contribution is 0.578. The first-order chi connectivity index (χ1) is 13.3. The Morgan fingerprint density at radius 1 is 1.18 bits per heavy atom. The Bertz CT molecular complexity index is 1090. The number of hydrogen-bond donors (Lipinski definition) is 1. The van der Waals surface area contributed by atoms with Crippen LogP contribution in [0.1, 0.15) is 33.6 Å². The van der Waals surface area contributed by atoms with Crippen molar-refractivity contribution in [2.24, 2.45) is 7.05 Å². The number of nitrogens with one attached hydrogen (secondary N) is 1. The quantitative estimate of drug-likeness (QED) is 0.476. The molecule has 2 heterocycles. The topological polar surface area (TPSA) is 64.0 Å². The number of hydrogen-bond acceptors (Lipinski definition) is 4. The second kappa shape index (κ2) is 8.34. The van der Waals surface area contributed by atoms with Crippen molar-refractivity contribution in [2.75, 3.05) is 0 Å². The van der Waals surface area contributed by atoms with Gasteiger partial charge in [-0.05, 0) is 42.7 Å². The molecule has 7 heteroatoms. The van der Waals surface area contributed by atoms with Crippen LogP contribution in [0.4, 0.5) is 0 Å². The Labute approximate surface area is 171 Å². The molecule has 0 aliphatic heterocycles. The molecule has 0 aliphatic carbocycles. The molecule has 1 aromatic carbocycles. The fraction of sp³-hybridized carbons (Fsp3) is 0.238. The van der Waals surface area contributed by atoms with Gasteiger partial charge in [0.25, 0.3) is 0 Å². The van der Waals surface area contributed by atoms with E-state index in [1.54, 1.807) is 24.5 Å². The van der Waals surface area contributed by atoms with Crippen LogP contribution >= 0.6 is 12.2 Å². The standard InChI is InChI=1S/C21H23N3O2S2/c1-15-6-8-18(9-7-15)21(27)20-16(2)11-19(24(20)3)13-23-28(25,26)14-17-5-4-10-22-12-17/h4-12,23H,13-14H2,1-3H3. The van der Waals surface area contributed by atoms with Crippen molar-refractivity contribution < 1.29 is 8.42 Å². The van der Waals surface area contributed by atoms with E-state index >= 15 is 0 Å². The van der Waals surface area contributed by atoms with Gasteiger partial charge in [0.05, 0.1) is 22.9 Å². The largest absolute Gasteiger partial charge is 0.345 e. The van der Waals surface area contributed by atoms with Gasteiger partial charge in [-0.15, -0.1) is 0 Å². The summed E-state index contributed by atoms with van der Waals surface area (Å²) in [5.74, 6) is -0.0983. The van der Waals surface area contributed by atoms with Gasteiger partial charge in [-0.25, -0.2) is 13.1 Å². The molecule has 0 radical (unpaired) electrons. The molecule has 146 valence electrons. The molecule has 0 saturated heterocycles. The molecular formula is C21H23N3O2S2. The SMILES string of the molecule is Cc1ccc(C(=S)c2c(C)cc(CNS(=O)(=O)Cc3cccnc3)n2C)cc1. The molecule has 0 atom stereocenters. The second-order valence-corrected chi connectivity index (χ2v) is 9.08. The summed E-state index contributed by atoms with van der Waals surface area (Å²) in [7, 11) is -1.56. The average Bonchev–Trinajstić information content (AvgIpc) is 2.94. The minimum absolute atomic E-state index is 0.0983. The van der Waals surface area contributed by atoms with E-state index in [0.717, 1.165) is 27.4 Å². The first-order valence-electron chi connectivity index (χ1n) is 8.89. The van der Waals surface area contributed by atoms with Crippen LogP contribution in [0.25, 0.3) is 0 Å². The molecule has 3 aromatic rings. The zero-order chi connectivity index (χ0) is 20.3. The lowest BCUT2D eigenvalue weighted by atomic mass is 10.1. The van der Waals surface area contributed by atoms with Gasteiger partial charge in [-0.3, -0.25) is 4.98 Å². The maximum absolute atomic E-state index is 12.4. The minimum Gasteiger partial charge on any atom is -0.345 e. The molecule has 5 nitrogen and oxygen atoms in total. The van der Waals surface area contributed by atoms with Crippen molar-refractivity contribution in [1.29, 1.82) is 0 Å². The summed E-state index contributed by atoms with van der Waals surface area (Å²) in [5.41, 5.74) is 5.62. The number of thiocarbonyl (C=S) groups is 1. The highest BCUT2D eigenvalue weighted by atomic mass is 32.2. The fourth-order valence-corrected chi connectivity index (χ4v) is 4.62. The fourth-order valence-electron chi connectivity index (χ4n) is 3.10. The Morgan fingerprint density at radius 3 is 2.54 bits per heavy atom. The predicted molar refractivity (Wildman–Crippen MR) is 116 cm³/mol. The van der Waals surface area contributed by atoms with E-state index in [4.69, 9.17) is 12.2 Å². The van der Waals surface area contributed by atoms with Gasteiger partial charge in [0.15, 0.2) is 0 Å². The van der Waals surface area contributed by atoms with Crippen molar-refractivity contribution in [1.82, 2.24) is 14.3 Å². The van der Waals surface area contributed by atoms with Crippen molar-refractivity contribution in [2.45, 2.75) is 26.1 Å².